The molecule has 3 amide bonds. The second kappa shape index (κ2) is 11.9. The normalized spacial score (nSPS) is 13.8. The molecule has 0 radical (unpaired) electrons. The van der Waals surface area contributed by atoms with Crippen LogP contribution in [0.5, 0.6) is 0 Å². The zero-order valence-electron chi connectivity index (χ0n) is 19.2. The van der Waals surface area contributed by atoms with Crippen LogP contribution in [0.3, 0.4) is 0 Å². The Balaban J connectivity index is 1.73. The predicted octanol–water partition coefficient (Wildman–Crippen LogP) is 4.20. The van der Waals surface area contributed by atoms with Gasteiger partial charge in [0.15, 0.2) is 0 Å². The Morgan fingerprint density at radius 1 is 1.09 bits per heavy atom. The first-order valence-electron chi connectivity index (χ1n) is 11.2. The van der Waals surface area contributed by atoms with Gasteiger partial charge in [-0.15, -0.1) is 0 Å². The van der Waals surface area contributed by atoms with Crippen LogP contribution in [0.25, 0.3) is 0 Å². The molecule has 0 saturated carbocycles. The van der Waals surface area contributed by atoms with Crippen molar-refractivity contribution >= 4 is 29.0 Å². The number of rotatable bonds is 8. The Hall–Kier alpha value is -3.57. The highest BCUT2D eigenvalue weighted by atomic mass is 16.5. The van der Waals surface area contributed by atoms with Gasteiger partial charge < -0.3 is 25.6 Å². The number of carbonyl (C=O) groups excluding carboxylic acids is 2. The Kier molecular flexibility index (Phi) is 8.67. The first-order chi connectivity index (χ1) is 16.0. The molecule has 174 valence electrons. The summed E-state index contributed by atoms with van der Waals surface area (Å²) in [7, 11) is 1.63. The molecule has 8 nitrogen and oxygen atoms in total. The van der Waals surface area contributed by atoms with Crippen LogP contribution in [0.15, 0.2) is 42.5 Å². The third-order valence-corrected chi connectivity index (χ3v) is 5.71. The van der Waals surface area contributed by atoms with Gasteiger partial charge >= 0.3 is 6.03 Å². The van der Waals surface area contributed by atoms with Gasteiger partial charge in [0.25, 0.3) is 5.91 Å². The van der Waals surface area contributed by atoms with E-state index in [-0.39, 0.29) is 5.91 Å². The van der Waals surface area contributed by atoms with Crippen molar-refractivity contribution in [2.45, 2.75) is 26.2 Å². The molecule has 2 aromatic rings. The van der Waals surface area contributed by atoms with Crippen molar-refractivity contribution in [2.75, 3.05) is 48.9 Å². The number of carbonyl (C=O) groups is 2. The quantitative estimate of drug-likeness (QED) is 0.524. The number of piperidine rings is 1. The zero-order valence-corrected chi connectivity index (χ0v) is 19.2. The summed E-state index contributed by atoms with van der Waals surface area (Å²) in [6.07, 6.45) is 2.90. The van der Waals surface area contributed by atoms with E-state index in [2.05, 4.69) is 27.8 Å². The molecule has 3 N–H and O–H groups in total. The fraction of sp³-hybridized carbons (Fsp3) is 0.400. The van der Waals surface area contributed by atoms with Crippen molar-refractivity contribution < 1.29 is 14.3 Å². The standard InChI is InChI=1S/C25H31N5O3/c1-18-10-13-30(14-11-18)23-9-8-21(16-22(23)24(31)27-12-3-15-33-2)29-25(32)28-20-6-4-19(17-26)5-7-20/h4-9,16,18H,3,10-15H2,1-2H3,(H,27,31)(H2,28,29,32). The third kappa shape index (κ3) is 6.96. The number of methoxy groups -OCH3 is 1. The minimum atomic E-state index is -0.425. The lowest BCUT2D eigenvalue weighted by Crippen LogP contribution is -2.35. The molecule has 1 aliphatic rings. The van der Waals surface area contributed by atoms with Gasteiger partial charge in [0.2, 0.25) is 0 Å². The van der Waals surface area contributed by atoms with E-state index in [1.165, 1.54) is 0 Å². The summed E-state index contributed by atoms with van der Waals surface area (Å²) in [6.45, 7) is 5.14. The lowest BCUT2D eigenvalue weighted by atomic mass is 9.98. The number of ether oxygens (including phenoxy) is 1. The summed E-state index contributed by atoms with van der Waals surface area (Å²) in [5.74, 6) is 0.510. The lowest BCUT2D eigenvalue weighted by molar-refractivity contribution is 0.0949. The van der Waals surface area contributed by atoms with Gasteiger partial charge in [-0.3, -0.25) is 4.79 Å². The average Bonchev–Trinajstić information content (AvgIpc) is 2.83. The first-order valence-corrected chi connectivity index (χ1v) is 11.2. The SMILES string of the molecule is COCCCNC(=O)c1cc(NC(=O)Nc2ccc(C#N)cc2)ccc1N1CCC(C)CC1. The van der Waals surface area contributed by atoms with Crippen LogP contribution in [-0.4, -0.2) is 45.3 Å². The zero-order chi connectivity index (χ0) is 23.6. The highest BCUT2D eigenvalue weighted by Crippen LogP contribution is 2.29. The summed E-state index contributed by atoms with van der Waals surface area (Å²) in [5.41, 5.74) is 3.03. The minimum absolute atomic E-state index is 0.170. The molecule has 8 heteroatoms. The van der Waals surface area contributed by atoms with Gasteiger partial charge in [-0.1, -0.05) is 6.92 Å². The molecule has 1 fully saturated rings. The summed E-state index contributed by atoms with van der Waals surface area (Å²) < 4.78 is 5.05. The monoisotopic (exact) mass is 449 g/mol. The molecule has 0 aliphatic carbocycles. The molecule has 33 heavy (non-hydrogen) atoms. The molecule has 3 rings (SSSR count). The van der Waals surface area contributed by atoms with Crippen LogP contribution < -0.4 is 20.9 Å². The van der Waals surface area contributed by atoms with E-state index in [9.17, 15) is 9.59 Å². The van der Waals surface area contributed by atoms with Crippen molar-refractivity contribution in [3.05, 3.63) is 53.6 Å². The molecule has 0 bridgehead atoms. The number of nitrogens with zero attached hydrogens (tertiary/aromatic N) is 2. The fourth-order valence-electron chi connectivity index (χ4n) is 3.76. The molecular weight excluding hydrogens is 418 g/mol. The van der Waals surface area contributed by atoms with E-state index < -0.39 is 6.03 Å². The Morgan fingerprint density at radius 2 is 1.76 bits per heavy atom. The topological polar surface area (TPSA) is 106 Å². The van der Waals surface area contributed by atoms with Gasteiger partial charge in [0, 0.05) is 50.4 Å². The molecule has 2 aromatic carbocycles. The summed E-state index contributed by atoms with van der Waals surface area (Å²) in [5, 5.41) is 17.4. The number of hydrogen-bond donors (Lipinski definition) is 3. The van der Waals surface area contributed by atoms with Crippen LogP contribution in [0, 0.1) is 17.2 Å². The van der Waals surface area contributed by atoms with Crippen molar-refractivity contribution in [3.63, 3.8) is 0 Å². The van der Waals surface area contributed by atoms with E-state index in [4.69, 9.17) is 10.00 Å². The van der Waals surface area contributed by atoms with E-state index in [0.29, 0.717) is 41.6 Å². The van der Waals surface area contributed by atoms with Crippen LogP contribution >= 0.6 is 0 Å². The number of nitriles is 1. The van der Waals surface area contributed by atoms with Crippen molar-refractivity contribution in [3.8, 4) is 6.07 Å². The maximum Gasteiger partial charge on any atom is 0.323 e. The number of benzene rings is 2. The molecule has 0 atom stereocenters. The van der Waals surface area contributed by atoms with E-state index in [0.717, 1.165) is 38.0 Å². The van der Waals surface area contributed by atoms with Crippen molar-refractivity contribution in [1.29, 1.82) is 5.26 Å². The largest absolute Gasteiger partial charge is 0.385 e. The third-order valence-electron chi connectivity index (χ3n) is 5.71. The Bertz CT molecular complexity index is 992. The number of amides is 3. The van der Waals surface area contributed by atoms with Gasteiger partial charge in [0.1, 0.15) is 0 Å². The van der Waals surface area contributed by atoms with E-state index in [1.807, 2.05) is 18.2 Å². The number of anilines is 3. The Morgan fingerprint density at radius 3 is 2.42 bits per heavy atom. The van der Waals surface area contributed by atoms with Crippen LogP contribution in [0.1, 0.15) is 42.1 Å². The number of urea groups is 1. The smallest absolute Gasteiger partial charge is 0.323 e. The fourth-order valence-corrected chi connectivity index (χ4v) is 3.76. The van der Waals surface area contributed by atoms with Crippen LogP contribution in [0.2, 0.25) is 0 Å². The maximum atomic E-state index is 13.0. The first kappa shape index (κ1) is 24.1. The van der Waals surface area contributed by atoms with Crippen LogP contribution in [0.4, 0.5) is 21.9 Å². The van der Waals surface area contributed by atoms with Gasteiger partial charge in [-0.2, -0.15) is 5.26 Å². The van der Waals surface area contributed by atoms with Gasteiger partial charge in [0.05, 0.1) is 17.2 Å². The second-order valence-electron chi connectivity index (χ2n) is 8.27. The van der Waals surface area contributed by atoms with Gasteiger partial charge in [-0.05, 0) is 67.6 Å². The lowest BCUT2D eigenvalue weighted by Gasteiger charge is -2.33. The molecule has 1 aliphatic heterocycles. The van der Waals surface area contributed by atoms with Crippen molar-refractivity contribution in [1.82, 2.24) is 5.32 Å². The molecule has 1 saturated heterocycles. The second-order valence-corrected chi connectivity index (χ2v) is 8.27. The molecule has 1 heterocycles. The number of nitrogens with one attached hydrogen (secondary N) is 3. The van der Waals surface area contributed by atoms with Gasteiger partial charge in [-0.25, -0.2) is 4.79 Å². The highest BCUT2D eigenvalue weighted by molar-refractivity contribution is 6.04. The van der Waals surface area contributed by atoms with Crippen LogP contribution in [-0.2, 0) is 4.74 Å². The molecule has 0 aromatic heterocycles. The average molecular weight is 450 g/mol. The summed E-state index contributed by atoms with van der Waals surface area (Å²) in [4.78, 5) is 27.7. The maximum absolute atomic E-state index is 13.0. The summed E-state index contributed by atoms with van der Waals surface area (Å²) >= 11 is 0. The number of hydrogen-bond acceptors (Lipinski definition) is 5. The van der Waals surface area contributed by atoms with E-state index in [1.54, 1.807) is 37.4 Å². The predicted molar refractivity (Wildman–Crippen MR) is 130 cm³/mol. The van der Waals surface area contributed by atoms with Crippen molar-refractivity contribution in [2.24, 2.45) is 5.92 Å². The molecule has 0 spiro atoms. The highest BCUT2D eigenvalue weighted by Gasteiger charge is 2.22. The summed E-state index contributed by atoms with van der Waals surface area (Å²) in [6, 6.07) is 13.6. The molecule has 0 unspecified atom stereocenters. The van der Waals surface area contributed by atoms with E-state index >= 15 is 0 Å². The molecular formula is C25H31N5O3. The minimum Gasteiger partial charge on any atom is -0.385 e. The Labute approximate surface area is 194 Å².